The van der Waals surface area contributed by atoms with E-state index in [0.717, 1.165) is 42.7 Å². The van der Waals surface area contributed by atoms with Crippen LogP contribution in [0.3, 0.4) is 0 Å². The number of amides is 1. The summed E-state index contributed by atoms with van der Waals surface area (Å²) in [6.45, 7) is 4.46. The number of aromatic nitrogens is 2. The molecular formula is C34H37N3O6S2. The molecule has 1 aliphatic heterocycles. The van der Waals surface area contributed by atoms with Gasteiger partial charge in [-0.3, -0.25) is 9.59 Å². The monoisotopic (exact) mass is 647 g/mol. The van der Waals surface area contributed by atoms with Crippen LogP contribution in [0.5, 0.6) is 0 Å². The lowest BCUT2D eigenvalue weighted by molar-refractivity contribution is -0.268. The van der Waals surface area contributed by atoms with Crippen LogP contribution >= 0.6 is 23.1 Å². The molecule has 45 heavy (non-hydrogen) atoms. The van der Waals surface area contributed by atoms with Crippen molar-refractivity contribution >= 4 is 35.0 Å². The highest BCUT2D eigenvalue weighted by Gasteiger charge is 2.38. The number of nitrogens with zero attached hydrogens (tertiary/aromatic N) is 2. The molecule has 2 heterocycles. The van der Waals surface area contributed by atoms with Gasteiger partial charge in [0, 0.05) is 36.6 Å². The number of carboxylic acids is 1. The Morgan fingerprint density at radius 1 is 0.933 bits per heavy atom. The van der Waals surface area contributed by atoms with Crippen LogP contribution in [0.4, 0.5) is 0 Å². The van der Waals surface area contributed by atoms with E-state index >= 15 is 0 Å². The van der Waals surface area contributed by atoms with E-state index < -0.39 is 12.3 Å². The average Bonchev–Trinajstić information content (AvgIpc) is 3.48. The van der Waals surface area contributed by atoms with Crippen molar-refractivity contribution in [3.63, 3.8) is 0 Å². The fourth-order valence-electron chi connectivity index (χ4n) is 5.18. The lowest BCUT2D eigenvalue weighted by Crippen LogP contribution is -2.38. The smallest absolute Gasteiger partial charge is 0.303 e. The van der Waals surface area contributed by atoms with Crippen LogP contribution < -0.4 is 5.32 Å². The third kappa shape index (κ3) is 8.99. The number of rotatable bonds is 13. The molecule has 4 atom stereocenters. The molecule has 1 amide bonds. The largest absolute Gasteiger partial charge is 0.481 e. The van der Waals surface area contributed by atoms with Gasteiger partial charge in [-0.1, -0.05) is 96.8 Å². The van der Waals surface area contributed by atoms with Gasteiger partial charge in [0.2, 0.25) is 5.91 Å². The van der Waals surface area contributed by atoms with E-state index in [1.54, 1.807) is 23.1 Å². The number of benzene rings is 3. The van der Waals surface area contributed by atoms with Crippen molar-refractivity contribution in [3.05, 3.63) is 100 Å². The quantitative estimate of drug-likeness (QED) is 0.140. The molecule has 3 N–H and O–H groups in total. The summed E-state index contributed by atoms with van der Waals surface area (Å²) in [6, 6.07) is 24.0. The Balaban J connectivity index is 1.28. The molecule has 3 aromatic carbocycles. The zero-order chi connectivity index (χ0) is 31.8. The molecule has 236 valence electrons. The van der Waals surface area contributed by atoms with E-state index in [4.69, 9.17) is 14.6 Å². The number of nitrogens with one attached hydrogen (secondary N) is 1. The fraction of sp³-hybridized carbons (Fsp3) is 0.353. The van der Waals surface area contributed by atoms with E-state index in [2.05, 4.69) is 22.4 Å². The number of aryl methyl sites for hydroxylation is 1. The van der Waals surface area contributed by atoms with Gasteiger partial charge in [0.25, 0.3) is 0 Å². The first-order chi connectivity index (χ1) is 21.8. The van der Waals surface area contributed by atoms with Crippen molar-refractivity contribution in [3.8, 4) is 11.1 Å². The lowest BCUT2D eigenvalue weighted by atomic mass is 9.91. The molecule has 0 radical (unpaired) electrons. The van der Waals surface area contributed by atoms with Gasteiger partial charge in [-0.15, -0.1) is 10.2 Å². The Bertz CT molecular complexity index is 1580. The molecule has 4 aromatic rings. The second-order valence-corrected chi connectivity index (χ2v) is 13.5. The van der Waals surface area contributed by atoms with Crippen LogP contribution in [0.15, 0.2) is 77.1 Å². The highest BCUT2D eigenvalue weighted by atomic mass is 32.2. The molecule has 0 spiro atoms. The van der Waals surface area contributed by atoms with Crippen LogP contribution in [0, 0.1) is 12.8 Å². The summed E-state index contributed by atoms with van der Waals surface area (Å²) in [5.74, 6) is -0.278. The molecule has 11 heteroatoms. The van der Waals surface area contributed by atoms with Gasteiger partial charge in [0.15, 0.2) is 10.6 Å². The third-order valence-corrected chi connectivity index (χ3v) is 9.79. The topological polar surface area (TPSA) is 131 Å². The Morgan fingerprint density at radius 3 is 2.38 bits per heavy atom. The van der Waals surface area contributed by atoms with Crippen LogP contribution in [-0.4, -0.2) is 44.1 Å². The van der Waals surface area contributed by atoms with E-state index in [1.807, 2.05) is 79.7 Å². The normalized spacial score (nSPS) is 19.7. The number of aliphatic hydroxyl groups excluding tert-OH is 1. The fourth-order valence-corrected chi connectivity index (χ4v) is 7.19. The highest BCUT2D eigenvalue weighted by Crippen LogP contribution is 2.43. The zero-order valence-electron chi connectivity index (χ0n) is 25.2. The summed E-state index contributed by atoms with van der Waals surface area (Å²) >= 11 is 3.22. The zero-order valence-corrected chi connectivity index (χ0v) is 26.9. The standard InChI is InChI=1S/C34H37N3O6S2/c1-21-29(20-44-34-37-36-22(2)45-34)42-33(43-32(21)26-11-9-23(19-38)10-12-26)27-15-13-25(14-16-27)28-6-3-5-24(17-28)18-35-30(39)7-4-8-31(40)41/h3,5-6,9-17,21,29,32-33,38H,4,7-8,18-20H2,1-2H3,(H,35,39)(H,40,41)/t21-,29+,32+,33+/m1/s1. The summed E-state index contributed by atoms with van der Waals surface area (Å²) in [5, 5.41) is 30.5. The van der Waals surface area contributed by atoms with Crippen LogP contribution in [0.2, 0.25) is 0 Å². The van der Waals surface area contributed by atoms with E-state index in [1.165, 1.54) is 0 Å². The maximum Gasteiger partial charge on any atom is 0.303 e. The predicted molar refractivity (Wildman–Crippen MR) is 174 cm³/mol. The Labute approximate surface area is 271 Å². The van der Waals surface area contributed by atoms with E-state index in [0.29, 0.717) is 18.7 Å². The first kappa shape index (κ1) is 32.8. The number of carboxylic acid groups (broad SMARTS) is 1. The molecule has 0 unspecified atom stereocenters. The summed E-state index contributed by atoms with van der Waals surface area (Å²) in [4.78, 5) is 22.8. The Kier molecular flexibility index (Phi) is 11.4. The van der Waals surface area contributed by atoms with Gasteiger partial charge in [-0.05, 0) is 47.2 Å². The third-order valence-electron chi connectivity index (χ3n) is 7.73. The van der Waals surface area contributed by atoms with Gasteiger partial charge in [0.05, 0.1) is 18.8 Å². The number of carbonyl (C=O) groups is 2. The SMILES string of the molecule is Cc1nnc(SC[C@@H]2O[C@H](c3ccc(-c4cccc(CNC(=O)CCCC(=O)O)c4)cc3)O[C@H](c3ccc(CO)cc3)[C@@H]2C)s1. The first-order valence-corrected chi connectivity index (χ1v) is 16.7. The van der Waals surface area contributed by atoms with Crippen molar-refractivity contribution in [1.29, 1.82) is 0 Å². The second-order valence-electron chi connectivity index (χ2n) is 11.1. The van der Waals surface area contributed by atoms with Crippen molar-refractivity contribution in [2.75, 3.05) is 5.75 Å². The number of aliphatic hydroxyl groups is 1. The van der Waals surface area contributed by atoms with Crippen molar-refractivity contribution in [2.45, 2.75) is 69.1 Å². The van der Waals surface area contributed by atoms with E-state index in [-0.39, 0.29) is 43.5 Å². The Morgan fingerprint density at radius 2 is 1.69 bits per heavy atom. The Hall–Kier alpha value is -3.61. The molecule has 0 bridgehead atoms. The molecule has 5 rings (SSSR count). The number of aliphatic carboxylic acids is 1. The highest BCUT2D eigenvalue weighted by molar-refractivity contribution is 8.01. The number of hydrogen-bond acceptors (Lipinski definition) is 9. The van der Waals surface area contributed by atoms with Crippen molar-refractivity contribution < 1.29 is 29.3 Å². The minimum absolute atomic E-state index is 0.00782. The minimum atomic E-state index is -0.899. The first-order valence-electron chi connectivity index (χ1n) is 14.9. The second kappa shape index (κ2) is 15.6. The van der Waals surface area contributed by atoms with Gasteiger partial charge >= 0.3 is 5.97 Å². The number of ether oxygens (including phenoxy) is 2. The molecule has 9 nitrogen and oxygen atoms in total. The van der Waals surface area contributed by atoms with Crippen LogP contribution in [-0.2, 0) is 32.2 Å². The summed E-state index contributed by atoms with van der Waals surface area (Å²) in [6.07, 6.45) is -0.377. The molecular weight excluding hydrogens is 611 g/mol. The molecule has 0 saturated carbocycles. The van der Waals surface area contributed by atoms with Gasteiger partial charge in [0.1, 0.15) is 5.01 Å². The van der Waals surface area contributed by atoms with E-state index in [9.17, 15) is 14.7 Å². The maximum atomic E-state index is 12.1. The molecule has 1 aliphatic rings. The number of thioether (sulfide) groups is 1. The van der Waals surface area contributed by atoms with Gasteiger partial charge < -0.3 is 25.0 Å². The van der Waals surface area contributed by atoms with Crippen LogP contribution in [0.25, 0.3) is 11.1 Å². The van der Waals surface area contributed by atoms with Crippen molar-refractivity contribution in [2.24, 2.45) is 5.92 Å². The lowest BCUT2D eigenvalue weighted by Gasteiger charge is -2.41. The molecule has 1 aromatic heterocycles. The van der Waals surface area contributed by atoms with Gasteiger partial charge in [-0.25, -0.2) is 0 Å². The number of carbonyl (C=O) groups excluding carboxylic acids is 1. The summed E-state index contributed by atoms with van der Waals surface area (Å²) < 4.78 is 14.1. The maximum absolute atomic E-state index is 12.1. The average molecular weight is 648 g/mol. The minimum Gasteiger partial charge on any atom is -0.481 e. The predicted octanol–water partition coefficient (Wildman–Crippen LogP) is 6.46. The molecule has 1 fully saturated rings. The van der Waals surface area contributed by atoms with Crippen molar-refractivity contribution in [1.82, 2.24) is 15.5 Å². The summed E-state index contributed by atoms with van der Waals surface area (Å²) in [7, 11) is 0. The van der Waals surface area contributed by atoms with Crippen LogP contribution in [0.1, 0.15) is 65.8 Å². The van der Waals surface area contributed by atoms with Gasteiger partial charge in [-0.2, -0.15) is 0 Å². The molecule has 0 aliphatic carbocycles. The number of hydrogen-bond donors (Lipinski definition) is 3. The summed E-state index contributed by atoms with van der Waals surface area (Å²) in [5.41, 5.74) is 5.80. The molecule has 1 saturated heterocycles.